The van der Waals surface area contributed by atoms with E-state index in [1.807, 2.05) is 13.8 Å². The number of aromatic nitrogens is 5. The minimum atomic E-state index is -0.492. The summed E-state index contributed by atoms with van der Waals surface area (Å²) in [7, 11) is 1.29. The van der Waals surface area contributed by atoms with E-state index in [0.29, 0.717) is 51.0 Å². The van der Waals surface area contributed by atoms with E-state index < -0.39 is 29.8 Å². The predicted octanol–water partition coefficient (Wildman–Crippen LogP) is 13.4. The molecule has 0 aromatic carbocycles. The molecule has 5 aromatic rings. The second-order valence-electron chi connectivity index (χ2n) is 11.7. The maximum atomic E-state index is 11.4. The van der Waals surface area contributed by atoms with Gasteiger partial charge in [0.15, 0.2) is 0 Å². The Morgan fingerprint density at radius 2 is 0.712 bits per heavy atom. The van der Waals surface area contributed by atoms with Crippen LogP contribution in [0.3, 0.4) is 0 Å². The summed E-state index contributed by atoms with van der Waals surface area (Å²) in [6, 6.07) is 8.03. The van der Waals surface area contributed by atoms with Gasteiger partial charge >= 0.3 is 29.8 Å². The normalized spacial score (nSPS) is 9.80. The lowest BCUT2D eigenvalue weighted by Crippen LogP contribution is -2.07. The maximum Gasteiger partial charge on any atom is 0.341 e. The van der Waals surface area contributed by atoms with Gasteiger partial charge in [0, 0.05) is 51.5 Å². The highest BCUT2D eigenvalue weighted by molar-refractivity contribution is 14.1. The molecule has 0 amide bonds. The van der Waals surface area contributed by atoms with Gasteiger partial charge in [-0.25, -0.2) is 48.9 Å². The van der Waals surface area contributed by atoms with Crippen molar-refractivity contribution in [3.8, 4) is 0 Å². The fraction of sp³-hybridized carbons (Fsp3) is 0.268. The zero-order valence-electron chi connectivity index (χ0n) is 35.1. The van der Waals surface area contributed by atoms with Gasteiger partial charge in [-0.1, -0.05) is 71.9 Å². The van der Waals surface area contributed by atoms with Crippen LogP contribution < -0.4 is 0 Å². The number of halogens is 10. The summed E-state index contributed by atoms with van der Waals surface area (Å²) in [5.74, 6) is -2.23. The molecule has 5 heterocycles. The van der Waals surface area contributed by atoms with Crippen LogP contribution in [0.4, 0.5) is 0 Å². The number of nitrogens with zero attached hydrogens (tertiary/aromatic N) is 5. The van der Waals surface area contributed by atoms with Gasteiger partial charge in [-0.05, 0) is 150 Å². The first-order valence-electron chi connectivity index (χ1n) is 18.6. The molecule has 5 rings (SSSR count). The monoisotopic (exact) mass is 1420 g/mol. The number of ether oxygens (including phenoxy) is 5. The van der Waals surface area contributed by atoms with Crippen molar-refractivity contribution in [1.29, 1.82) is 0 Å². The van der Waals surface area contributed by atoms with E-state index in [1.165, 1.54) is 25.7 Å². The topological polar surface area (TPSA) is 196 Å². The van der Waals surface area contributed by atoms with Crippen LogP contribution in [-0.4, -0.2) is 88.3 Å². The van der Waals surface area contributed by atoms with Gasteiger partial charge in [0.1, 0.15) is 25.8 Å². The standard InChI is InChI=1S/C9H9BrClNO2.C9H9ClINO2.C8H7BrClNO2.C8H7ClINO2.C7H5BrClNO2/c1-2-3-14-9(13)7-4-6(10)5-12-8(7)11;1-2-3-14-9(13)7-4-6(11)5-12-8(7)10;1-2-13-8(12)6-3-5(9)4-11-7(6)10;1-2-13-8(12)6-3-5(10)4-11-7(6)9;1-12-7(11)5-2-4(8)3-10-6(5)9/h2*4-5H,2-3H2,1H3;2*3-4H,2H2,1H3;2-3H,1H3. The summed E-state index contributed by atoms with van der Waals surface area (Å²) >= 11 is 42.2. The Bertz CT molecular complexity index is 2300. The minimum absolute atomic E-state index is 0.144. The summed E-state index contributed by atoms with van der Waals surface area (Å²) in [6.45, 7) is 8.78. The Morgan fingerprint density at radius 3 is 0.985 bits per heavy atom. The third-order valence-corrected chi connectivity index (χ3v) is 10.7. The number of hydrogen-bond donors (Lipinski definition) is 0. The van der Waals surface area contributed by atoms with Crippen LogP contribution >= 0.6 is 151 Å². The zero-order valence-corrected chi connectivity index (χ0v) is 48.0. The quantitative estimate of drug-likeness (QED) is 0.0524. The van der Waals surface area contributed by atoms with E-state index in [0.717, 1.165) is 20.0 Å². The van der Waals surface area contributed by atoms with Gasteiger partial charge in [0.2, 0.25) is 0 Å². The molecule has 0 aliphatic heterocycles. The first kappa shape index (κ1) is 61.5. The molecule has 0 bridgehead atoms. The largest absolute Gasteiger partial charge is 0.465 e. The van der Waals surface area contributed by atoms with Crippen LogP contribution in [0.1, 0.15) is 92.3 Å². The van der Waals surface area contributed by atoms with E-state index in [9.17, 15) is 24.0 Å². The Labute approximate surface area is 458 Å². The van der Waals surface area contributed by atoms with Crippen molar-refractivity contribution < 1.29 is 47.7 Å². The molecule has 0 radical (unpaired) electrons. The average Bonchev–Trinajstić information content (AvgIpc) is 3.29. The van der Waals surface area contributed by atoms with Gasteiger partial charge < -0.3 is 23.7 Å². The lowest BCUT2D eigenvalue weighted by atomic mass is 10.3. The number of carbonyl (C=O) groups excluding carboxylic acids is 5. The van der Waals surface area contributed by atoms with E-state index in [-0.39, 0.29) is 42.5 Å². The van der Waals surface area contributed by atoms with Gasteiger partial charge in [-0.2, -0.15) is 0 Å². The molecule has 0 spiro atoms. The second-order valence-corrected chi connectivity index (χ2v) is 18.7. The molecule has 0 N–H and O–H groups in total. The van der Waals surface area contributed by atoms with Crippen molar-refractivity contribution in [3.05, 3.63) is 135 Å². The minimum Gasteiger partial charge on any atom is -0.465 e. The Hall–Kier alpha value is -2.55. The molecule has 25 heteroatoms. The number of methoxy groups -OCH3 is 1. The first-order chi connectivity index (χ1) is 31.2. The Balaban J connectivity index is 0.000000413. The Morgan fingerprint density at radius 1 is 0.455 bits per heavy atom. The first-order valence-corrected chi connectivity index (χ1v) is 25.0. The van der Waals surface area contributed by atoms with E-state index >= 15 is 0 Å². The summed E-state index contributed by atoms with van der Waals surface area (Å²) in [5, 5.41) is 0.825. The second kappa shape index (κ2) is 33.9. The fourth-order valence-corrected chi connectivity index (χ4v) is 6.70. The SMILES string of the molecule is CCCOC(=O)c1cc(Br)cnc1Cl.CCCOC(=O)c1cc(I)cnc1Cl.CCOC(=O)c1cc(Br)cnc1Cl.CCOC(=O)c1cc(I)cnc1Cl.COC(=O)c1cc(Br)cnc1Cl. The van der Waals surface area contributed by atoms with Gasteiger partial charge in [-0.15, -0.1) is 0 Å². The van der Waals surface area contributed by atoms with Crippen LogP contribution in [0.25, 0.3) is 0 Å². The summed E-state index contributed by atoms with van der Waals surface area (Å²) < 4.78 is 27.7. The molecule has 5 aromatic heterocycles. The summed E-state index contributed by atoms with van der Waals surface area (Å²) in [4.78, 5) is 75.5. The van der Waals surface area contributed by atoms with Gasteiger partial charge in [0.25, 0.3) is 0 Å². The summed E-state index contributed by atoms with van der Waals surface area (Å²) in [6.07, 6.45) is 9.31. The number of hydrogen-bond acceptors (Lipinski definition) is 15. The van der Waals surface area contributed by atoms with Crippen molar-refractivity contribution in [2.24, 2.45) is 0 Å². The molecular formula is C41H37Br3Cl5I2N5O10. The van der Waals surface area contributed by atoms with Crippen molar-refractivity contribution in [3.63, 3.8) is 0 Å². The average molecular weight is 1430 g/mol. The highest BCUT2D eigenvalue weighted by atomic mass is 127. The number of carbonyl (C=O) groups is 5. The number of esters is 5. The van der Waals surface area contributed by atoms with Gasteiger partial charge in [0.05, 0.1) is 61.4 Å². The van der Waals surface area contributed by atoms with Crippen molar-refractivity contribution >= 4 is 181 Å². The van der Waals surface area contributed by atoms with Crippen LogP contribution in [0, 0.1) is 7.14 Å². The molecule has 15 nitrogen and oxygen atoms in total. The zero-order chi connectivity index (χ0) is 49.9. The van der Waals surface area contributed by atoms with E-state index in [1.54, 1.807) is 56.6 Å². The molecule has 0 fully saturated rings. The van der Waals surface area contributed by atoms with Crippen molar-refractivity contribution in [2.75, 3.05) is 33.5 Å². The predicted molar refractivity (Wildman–Crippen MR) is 279 cm³/mol. The lowest BCUT2D eigenvalue weighted by molar-refractivity contribution is 0.0495. The van der Waals surface area contributed by atoms with Gasteiger partial charge in [-0.3, -0.25) is 0 Å². The number of pyridine rings is 5. The molecule has 0 atom stereocenters. The molecule has 0 saturated carbocycles. The summed E-state index contributed by atoms with van der Waals surface area (Å²) in [5.41, 5.74) is 1.46. The van der Waals surface area contributed by atoms with Crippen molar-refractivity contribution in [1.82, 2.24) is 24.9 Å². The Kier molecular flexibility index (Phi) is 31.5. The third-order valence-electron chi connectivity index (χ3n) is 6.74. The lowest BCUT2D eigenvalue weighted by Gasteiger charge is -2.04. The highest BCUT2D eigenvalue weighted by Gasteiger charge is 2.16. The maximum absolute atomic E-state index is 11.4. The molecule has 0 aliphatic carbocycles. The van der Waals surface area contributed by atoms with Crippen molar-refractivity contribution in [2.45, 2.75) is 40.5 Å². The van der Waals surface area contributed by atoms with E-state index in [4.69, 9.17) is 77.0 Å². The van der Waals surface area contributed by atoms with Crippen LogP contribution in [0.5, 0.6) is 0 Å². The van der Waals surface area contributed by atoms with Crippen LogP contribution in [0.2, 0.25) is 25.8 Å². The smallest absolute Gasteiger partial charge is 0.341 e. The fourth-order valence-electron chi connectivity index (χ4n) is 3.90. The van der Waals surface area contributed by atoms with Crippen LogP contribution in [0.15, 0.2) is 74.7 Å². The third kappa shape index (κ3) is 23.2. The molecule has 356 valence electrons. The molecule has 0 unspecified atom stereocenters. The number of rotatable bonds is 11. The molecule has 66 heavy (non-hydrogen) atoms. The molecule has 0 aliphatic rings. The highest BCUT2D eigenvalue weighted by Crippen LogP contribution is 2.22. The molecular weight excluding hydrogens is 1390 g/mol. The van der Waals surface area contributed by atoms with E-state index in [2.05, 4.69) is 123 Å². The van der Waals surface area contributed by atoms with Crippen LogP contribution in [-0.2, 0) is 23.7 Å². The molecule has 0 saturated heterocycles.